The van der Waals surface area contributed by atoms with Crippen LogP contribution in [-0.2, 0) is 44.4 Å². The first-order valence-corrected chi connectivity index (χ1v) is 24.4. The Hall–Kier alpha value is -7.07. The van der Waals surface area contributed by atoms with Crippen LogP contribution in [0.15, 0.2) is 113 Å². The minimum atomic E-state index is -4.94. The largest absolute Gasteiger partial charge is 0.497 e. The van der Waals surface area contributed by atoms with Crippen LogP contribution in [0.2, 0.25) is 0 Å². The zero-order valence-corrected chi connectivity index (χ0v) is 40.0. The van der Waals surface area contributed by atoms with E-state index in [1.807, 2.05) is 12.1 Å². The molecule has 0 atom stereocenters. The Labute approximate surface area is 394 Å². The highest BCUT2D eigenvalue weighted by atomic mass is 32.2. The highest BCUT2D eigenvalue weighted by Gasteiger charge is 2.41. The molecular weight excluding hydrogens is 913 g/mol. The highest BCUT2D eigenvalue weighted by molar-refractivity contribution is 7.92. The number of tetrazole rings is 1. The number of methoxy groups -OCH3 is 3. The van der Waals surface area contributed by atoms with Gasteiger partial charge in [0.25, 0.3) is 0 Å². The first-order valence-electron chi connectivity index (χ1n) is 21.5. The number of aromatic nitrogens is 6. The minimum absolute atomic E-state index is 0.00788. The van der Waals surface area contributed by atoms with Gasteiger partial charge in [0.2, 0.25) is 25.9 Å². The van der Waals surface area contributed by atoms with Gasteiger partial charge in [-0.15, -0.1) is 10.2 Å². The molecule has 7 aromatic rings. The Balaban J connectivity index is 1.36. The topological polar surface area (TPSA) is 230 Å². The van der Waals surface area contributed by atoms with Gasteiger partial charge in [0, 0.05) is 44.8 Å². The quantitative estimate of drug-likeness (QED) is 0.117. The number of rotatable bonds is 15. The van der Waals surface area contributed by atoms with Gasteiger partial charge >= 0.3 is 6.09 Å². The van der Waals surface area contributed by atoms with Gasteiger partial charge in [-0.25, -0.2) is 26.6 Å². The lowest BCUT2D eigenvalue weighted by Crippen LogP contribution is -2.51. The SMILES string of the molecule is COc1ccc(CN(Cc2ccc(OC)cc2)S(=O)(=O)c2c(S(=O)(=O)N3CCN(C(=O)OC(C)(C)C)CC3)ccc(-c3cccc4[nH]c(N)nc34)c2-c2nnn(Cc3ccc(OC)cc3)n2)cc1. The van der Waals surface area contributed by atoms with Crippen LogP contribution in [0.3, 0.4) is 0 Å². The van der Waals surface area contributed by atoms with Gasteiger partial charge in [0.05, 0.1) is 44.5 Å². The third-order valence-corrected chi connectivity index (χ3v) is 15.2. The van der Waals surface area contributed by atoms with E-state index < -0.39 is 41.5 Å². The molecule has 2 aromatic heterocycles. The van der Waals surface area contributed by atoms with Crippen LogP contribution >= 0.6 is 0 Å². The van der Waals surface area contributed by atoms with Crippen molar-refractivity contribution in [1.29, 1.82) is 0 Å². The lowest BCUT2D eigenvalue weighted by atomic mass is 9.98. The molecule has 0 spiro atoms. The zero-order valence-electron chi connectivity index (χ0n) is 38.4. The number of aromatic amines is 1. The number of nitrogens with one attached hydrogen (secondary N) is 1. The molecule has 1 amide bonds. The van der Waals surface area contributed by atoms with Crippen LogP contribution in [0.5, 0.6) is 17.2 Å². The van der Waals surface area contributed by atoms with Crippen molar-refractivity contribution in [2.45, 2.75) is 55.8 Å². The Bertz CT molecular complexity index is 3100. The average molecular weight is 965 g/mol. The smallest absolute Gasteiger partial charge is 0.410 e. The van der Waals surface area contributed by atoms with E-state index in [9.17, 15) is 4.79 Å². The van der Waals surface area contributed by atoms with Crippen LogP contribution in [0, 0.1) is 0 Å². The predicted octanol–water partition coefficient (Wildman–Crippen LogP) is 6.17. The monoisotopic (exact) mass is 964 g/mol. The number of fused-ring (bicyclic) bond motifs is 1. The number of nitrogens with zero attached hydrogens (tertiary/aromatic N) is 8. The number of ether oxygens (including phenoxy) is 4. The summed E-state index contributed by atoms with van der Waals surface area (Å²) in [6.45, 7) is 4.65. The van der Waals surface area contributed by atoms with Gasteiger partial charge in [-0.1, -0.05) is 54.6 Å². The van der Waals surface area contributed by atoms with Crippen molar-refractivity contribution in [2.24, 2.45) is 0 Å². The summed E-state index contributed by atoms with van der Waals surface area (Å²) >= 11 is 0. The molecule has 19 nitrogen and oxygen atoms in total. The normalized spacial score (nSPS) is 13.8. The first-order chi connectivity index (χ1) is 32.5. The van der Waals surface area contributed by atoms with E-state index in [0.29, 0.717) is 45.0 Å². The van der Waals surface area contributed by atoms with Gasteiger partial charge < -0.3 is 34.6 Å². The van der Waals surface area contributed by atoms with Crippen LogP contribution in [0.25, 0.3) is 33.5 Å². The van der Waals surface area contributed by atoms with Crippen LogP contribution in [0.1, 0.15) is 37.5 Å². The summed E-state index contributed by atoms with van der Waals surface area (Å²) < 4.78 is 87.2. The predicted molar refractivity (Wildman–Crippen MR) is 254 cm³/mol. The van der Waals surface area contributed by atoms with E-state index in [2.05, 4.69) is 20.3 Å². The fourth-order valence-electron chi connectivity index (χ4n) is 7.84. The highest BCUT2D eigenvalue weighted by Crippen LogP contribution is 2.44. The molecule has 0 saturated carbocycles. The molecule has 1 fully saturated rings. The number of piperazine rings is 1. The minimum Gasteiger partial charge on any atom is -0.497 e. The van der Waals surface area contributed by atoms with Gasteiger partial charge in [0.1, 0.15) is 32.6 Å². The van der Waals surface area contributed by atoms with Crippen LogP contribution in [0.4, 0.5) is 10.7 Å². The van der Waals surface area contributed by atoms with Crippen molar-refractivity contribution in [3.63, 3.8) is 0 Å². The van der Waals surface area contributed by atoms with Crippen molar-refractivity contribution in [2.75, 3.05) is 53.2 Å². The molecule has 5 aromatic carbocycles. The molecule has 1 aliphatic heterocycles. The van der Waals surface area contributed by atoms with Crippen molar-refractivity contribution >= 4 is 43.1 Å². The van der Waals surface area contributed by atoms with Crippen LogP contribution in [-0.4, -0.2) is 120 Å². The molecule has 1 aliphatic rings. The summed E-state index contributed by atoms with van der Waals surface area (Å²) in [4.78, 5) is 22.3. The second-order valence-electron chi connectivity index (χ2n) is 17.0. The molecule has 3 N–H and O–H groups in total. The van der Waals surface area contributed by atoms with Gasteiger partial charge in [-0.2, -0.15) is 13.4 Å². The number of carbonyl (C=O) groups excluding carboxylic acids is 1. The molecule has 0 aliphatic carbocycles. The molecule has 0 unspecified atom stereocenters. The number of nitrogen functional groups attached to an aromatic ring is 1. The number of hydrogen-bond donors (Lipinski definition) is 2. The van der Waals surface area contributed by atoms with Gasteiger partial charge in [0.15, 0.2) is 5.95 Å². The Morgan fingerprint density at radius 1 is 0.735 bits per heavy atom. The maximum atomic E-state index is 16.2. The fraction of sp³-hybridized carbons (Fsp3) is 0.298. The van der Waals surface area contributed by atoms with Crippen molar-refractivity contribution in [1.82, 2.24) is 43.7 Å². The number of nitrogens with two attached hydrogens (primary N) is 1. The van der Waals surface area contributed by atoms with Crippen molar-refractivity contribution in [3.8, 4) is 39.8 Å². The summed E-state index contributed by atoms with van der Waals surface area (Å²) in [6.07, 6.45) is -0.589. The van der Waals surface area contributed by atoms with E-state index in [4.69, 9.17) is 29.8 Å². The number of benzene rings is 5. The third kappa shape index (κ3) is 10.1. The number of hydrogen-bond acceptors (Lipinski definition) is 14. The Kier molecular flexibility index (Phi) is 13.4. The summed E-state index contributed by atoms with van der Waals surface area (Å²) in [6, 6.07) is 29.1. The van der Waals surface area contributed by atoms with Gasteiger partial charge in [-0.05, 0) is 96.8 Å². The molecule has 68 heavy (non-hydrogen) atoms. The summed E-state index contributed by atoms with van der Waals surface area (Å²) in [5.41, 5.74) is 8.82. The number of amides is 1. The molecule has 21 heteroatoms. The number of imidazole rings is 1. The third-order valence-electron chi connectivity index (χ3n) is 11.2. The van der Waals surface area contributed by atoms with E-state index in [1.54, 1.807) is 107 Å². The standard InChI is InChI=1S/C47H52N10O9S2/c1-47(2,3)66-46(58)54-24-26-55(27-25-54)67(59,60)40-23-22-37(38-8-7-9-39-42(38)50-45(48)49-39)41(44-51-53-57(52-44)30-33-14-20-36(65-6)21-15-33)43(40)68(61,62)56(28-31-10-16-34(63-4)17-11-31)29-32-12-18-35(64-5)19-13-32/h7-23H,24-30H2,1-6H3,(H3,48,49,50). The maximum absolute atomic E-state index is 16.2. The lowest BCUT2D eigenvalue weighted by molar-refractivity contribution is 0.0192. The summed E-state index contributed by atoms with van der Waals surface area (Å²) in [5.74, 6) is 1.70. The lowest BCUT2D eigenvalue weighted by Gasteiger charge is -2.35. The maximum Gasteiger partial charge on any atom is 0.410 e. The second kappa shape index (κ2) is 19.3. The Morgan fingerprint density at radius 2 is 1.29 bits per heavy atom. The zero-order chi connectivity index (χ0) is 48.4. The molecule has 8 rings (SSSR count). The number of sulfonamides is 2. The molecule has 3 heterocycles. The summed E-state index contributed by atoms with van der Waals surface area (Å²) in [5, 5.41) is 13.6. The molecule has 1 saturated heterocycles. The molecule has 0 radical (unpaired) electrons. The van der Waals surface area contributed by atoms with Crippen LogP contribution < -0.4 is 19.9 Å². The molecule has 356 valence electrons. The van der Waals surface area contributed by atoms with Crippen molar-refractivity contribution in [3.05, 3.63) is 120 Å². The number of anilines is 1. The van der Waals surface area contributed by atoms with Crippen molar-refractivity contribution < 1.29 is 40.6 Å². The van der Waals surface area contributed by atoms with Gasteiger partial charge in [-0.3, -0.25) is 0 Å². The van der Waals surface area contributed by atoms with E-state index in [-0.39, 0.29) is 68.7 Å². The fourth-order valence-corrected chi connectivity index (χ4v) is 11.7. The first kappa shape index (κ1) is 47.4. The molecular formula is C47H52N10O9S2. The summed E-state index contributed by atoms with van der Waals surface area (Å²) in [7, 11) is -5.01. The second-order valence-corrected chi connectivity index (χ2v) is 20.8. The van der Waals surface area contributed by atoms with E-state index >= 15 is 16.8 Å². The number of para-hydroxylation sites is 1. The number of H-pyrrole nitrogens is 1. The molecule has 0 bridgehead atoms. The van der Waals surface area contributed by atoms with E-state index in [0.717, 1.165) is 5.56 Å². The average Bonchev–Trinajstić information content (AvgIpc) is 3.96. The van der Waals surface area contributed by atoms with E-state index in [1.165, 1.54) is 44.7 Å². The Morgan fingerprint density at radius 3 is 1.84 bits per heavy atom. The number of carbonyl (C=O) groups is 1.